The molecule has 0 aromatic heterocycles. The van der Waals surface area contributed by atoms with E-state index in [4.69, 9.17) is 5.73 Å². The normalized spacial score (nSPS) is 13.6. The molecule has 0 aliphatic heterocycles. The second-order valence-electron chi connectivity index (χ2n) is 4.14. The second kappa shape index (κ2) is 6.28. The summed E-state index contributed by atoms with van der Waals surface area (Å²) in [6, 6.07) is 3.36. The molecule has 0 heterocycles. The Bertz CT molecular complexity index is 533. The van der Waals surface area contributed by atoms with Crippen LogP contribution in [-0.2, 0) is 10.8 Å². The quantitative estimate of drug-likeness (QED) is 0.469. The second-order valence-corrected chi connectivity index (χ2v) is 5.62. The van der Waals surface area contributed by atoms with E-state index in [1.165, 1.54) is 18.4 Å². The number of nitrogens with zero attached hydrogens (tertiary/aromatic N) is 1. The third-order valence-corrected chi connectivity index (χ3v) is 3.32. The van der Waals surface area contributed by atoms with Gasteiger partial charge in [0.1, 0.15) is 0 Å². The molecule has 0 aliphatic rings. The van der Waals surface area contributed by atoms with E-state index in [-0.39, 0.29) is 23.0 Å². The zero-order valence-corrected chi connectivity index (χ0v) is 11.4. The lowest BCUT2D eigenvalue weighted by Crippen LogP contribution is -2.36. The Hall–Kier alpha value is -1.96. The van der Waals surface area contributed by atoms with Gasteiger partial charge in [0.25, 0.3) is 11.6 Å². The fourth-order valence-corrected chi connectivity index (χ4v) is 2.34. The predicted octanol–water partition coefficient (Wildman–Crippen LogP) is 0.674. The van der Waals surface area contributed by atoms with Gasteiger partial charge in [-0.3, -0.25) is 19.1 Å². The molecule has 1 aromatic rings. The number of carbonyl (C=O) groups is 1. The van der Waals surface area contributed by atoms with Gasteiger partial charge in [-0.1, -0.05) is 0 Å². The lowest BCUT2D eigenvalue weighted by molar-refractivity contribution is -0.384. The van der Waals surface area contributed by atoms with Crippen molar-refractivity contribution in [3.05, 3.63) is 33.9 Å². The summed E-state index contributed by atoms with van der Waals surface area (Å²) >= 11 is 0. The highest BCUT2D eigenvalue weighted by molar-refractivity contribution is 7.84. The number of hydrogen-bond acceptors (Lipinski definition) is 5. The maximum absolute atomic E-state index is 11.9. The number of nitro groups is 1. The summed E-state index contributed by atoms with van der Waals surface area (Å²) in [5.74, 6) is -0.209. The average Bonchev–Trinajstić information content (AvgIpc) is 2.27. The molecule has 8 heteroatoms. The molecular weight excluding hydrogens is 270 g/mol. The van der Waals surface area contributed by atoms with Crippen LogP contribution in [0.15, 0.2) is 18.2 Å². The number of benzene rings is 1. The monoisotopic (exact) mass is 285 g/mol. The highest BCUT2D eigenvalue weighted by Gasteiger charge is 2.17. The number of hydrogen-bond donors (Lipinski definition) is 2. The summed E-state index contributed by atoms with van der Waals surface area (Å²) in [6.45, 7) is 1.70. The number of nitrogen functional groups attached to an aromatic ring is 1. The highest BCUT2D eigenvalue weighted by atomic mass is 32.2. The molecule has 1 rings (SSSR count). The average molecular weight is 285 g/mol. The van der Waals surface area contributed by atoms with E-state index in [0.29, 0.717) is 5.75 Å². The van der Waals surface area contributed by atoms with Gasteiger partial charge < -0.3 is 11.1 Å². The van der Waals surface area contributed by atoms with Crippen LogP contribution in [0.25, 0.3) is 0 Å². The molecule has 2 atom stereocenters. The van der Waals surface area contributed by atoms with Crippen LogP contribution < -0.4 is 11.1 Å². The van der Waals surface area contributed by atoms with Crippen molar-refractivity contribution in [1.82, 2.24) is 5.32 Å². The third-order valence-electron chi connectivity index (χ3n) is 2.35. The molecule has 0 bridgehead atoms. The molecule has 1 amide bonds. The van der Waals surface area contributed by atoms with Crippen LogP contribution in [0.1, 0.15) is 17.3 Å². The van der Waals surface area contributed by atoms with Crippen molar-refractivity contribution in [2.45, 2.75) is 13.0 Å². The Kier molecular flexibility index (Phi) is 4.99. The summed E-state index contributed by atoms with van der Waals surface area (Å²) in [5.41, 5.74) is 5.63. The molecule has 2 unspecified atom stereocenters. The van der Waals surface area contributed by atoms with Crippen LogP contribution in [0, 0.1) is 10.1 Å². The van der Waals surface area contributed by atoms with Gasteiger partial charge in [0, 0.05) is 46.7 Å². The number of nitrogens with one attached hydrogen (secondary N) is 1. The molecule has 3 N–H and O–H groups in total. The van der Waals surface area contributed by atoms with Crippen molar-refractivity contribution < 1.29 is 13.9 Å². The molecular formula is C11H15N3O4S. The van der Waals surface area contributed by atoms with Gasteiger partial charge in [-0.15, -0.1) is 0 Å². The Morgan fingerprint density at radius 3 is 2.74 bits per heavy atom. The molecule has 0 aliphatic carbocycles. The van der Waals surface area contributed by atoms with Crippen molar-refractivity contribution in [2.24, 2.45) is 0 Å². The van der Waals surface area contributed by atoms with E-state index in [0.717, 1.165) is 6.07 Å². The molecule has 0 radical (unpaired) electrons. The Labute approximate surface area is 112 Å². The van der Waals surface area contributed by atoms with Crippen LogP contribution in [0.5, 0.6) is 0 Å². The van der Waals surface area contributed by atoms with Crippen LogP contribution >= 0.6 is 0 Å². The predicted molar refractivity (Wildman–Crippen MR) is 73.4 cm³/mol. The molecule has 0 saturated carbocycles. The molecule has 0 spiro atoms. The fraction of sp³-hybridized carbons (Fsp3) is 0.364. The van der Waals surface area contributed by atoms with Crippen molar-refractivity contribution in [2.75, 3.05) is 17.7 Å². The van der Waals surface area contributed by atoms with Crippen LogP contribution in [-0.4, -0.2) is 33.1 Å². The molecule has 0 fully saturated rings. The summed E-state index contributed by atoms with van der Waals surface area (Å²) in [6.07, 6.45) is 1.53. The number of non-ortho nitro benzene ring substituents is 1. The molecule has 7 nitrogen and oxygen atoms in total. The van der Waals surface area contributed by atoms with E-state index in [1.807, 2.05) is 0 Å². The highest BCUT2D eigenvalue weighted by Crippen LogP contribution is 2.19. The van der Waals surface area contributed by atoms with Gasteiger partial charge in [0.05, 0.1) is 10.5 Å². The molecule has 19 heavy (non-hydrogen) atoms. The van der Waals surface area contributed by atoms with Crippen LogP contribution in [0.2, 0.25) is 0 Å². The molecule has 0 saturated heterocycles. The lowest BCUT2D eigenvalue weighted by atomic mass is 10.1. The van der Waals surface area contributed by atoms with E-state index in [9.17, 15) is 19.1 Å². The van der Waals surface area contributed by atoms with Crippen molar-refractivity contribution in [1.29, 1.82) is 0 Å². The van der Waals surface area contributed by atoms with Crippen molar-refractivity contribution in [3.63, 3.8) is 0 Å². The van der Waals surface area contributed by atoms with E-state index in [2.05, 4.69) is 5.32 Å². The lowest BCUT2D eigenvalue weighted by Gasteiger charge is -2.13. The van der Waals surface area contributed by atoms with E-state index < -0.39 is 21.6 Å². The van der Waals surface area contributed by atoms with Gasteiger partial charge in [0.15, 0.2) is 0 Å². The Morgan fingerprint density at radius 1 is 1.58 bits per heavy atom. The van der Waals surface area contributed by atoms with Crippen LogP contribution in [0.4, 0.5) is 11.4 Å². The minimum Gasteiger partial charge on any atom is -0.398 e. The number of nitro benzene ring substituents is 1. The summed E-state index contributed by atoms with van der Waals surface area (Å²) in [7, 11) is -1.04. The minimum absolute atomic E-state index is 0.0444. The standard InChI is InChI=1S/C11H15N3O4S/c1-7(6-19(2)18)13-11(15)9-5-8(14(16)17)3-4-10(9)12/h3-5,7H,6,12H2,1-2H3,(H,13,15). The Balaban J connectivity index is 2.90. The molecule has 1 aromatic carbocycles. The minimum atomic E-state index is -1.04. The number of rotatable bonds is 5. The van der Waals surface area contributed by atoms with Gasteiger partial charge >= 0.3 is 0 Å². The van der Waals surface area contributed by atoms with Crippen molar-refractivity contribution >= 4 is 28.1 Å². The summed E-state index contributed by atoms with van der Waals surface area (Å²) in [4.78, 5) is 22.0. The summed E-state index contributed by atoms with van der Waals surface area (Å²) in [5, 5.41) is 13.2. The largest absolute Gasteiger partial charge is 0.398 e. The first-order chi connectivity index (χ1) is 8.81. The van der Waals surface area contributed by atoms with E-state index in [1.54, 1.807) is 6.92 Å². The zero-order chi connectivity index (χ0) is 14.6. The van der Waals surface area contributed by atoms with Crippen molar-refractivity contribution in [3.8, 4) is 0 Å². The maximum atomic E-state index is 11.9. The van der Waals surface area contributed by atoms with Gasteiger partial charge in [0.2, 0.25) is 0 Å². The van der Waals surface area contributed by atoms with Gasteiger partial charge in [-0.05, 0) is 13.0 Å². The number of amides is 1. The topological polar surface area (TPSA) is 115 Å². The van der Waals surface area contributed by atoms with Gasteiger partial charge in [-0.25, -0.2) is 0 Å². The van der Waals surface area contributed by atoms with Crippen LogP contribution in [0.3, 0.4) is 0 Å². The zero-order valence-electron chi connectivity index (χ0n) is 10.6. The first kappa shape index (κ1) is 15.1. The Morgan fingerprint density at radius 2 is 2.21 bits per heavy atom. The summed E-state index contributed by atoms with van der Waals surface area (Å²) < 4.78 is 11.0. The SMILES string of the molecule is CC(CS(C)=O)NC(=O)c1cc([N+](=O)[O-])ccc1N. The first-order valence-corrected chi connectivity index (χ1v) is 7.18. The third kappa shape index (κ3) is 4.32. The molecule has 104 valence electrons. The number of anilines is 1. The smallest absolute Gasteiger partial charge is 0.270 e. The number of nitrogens with two attached hydrogens (primary N) is 1. The number of carbonyl (C=O) groups excluding carboxylic acids is 1. The van der Waals surface area contributed by atoms with Gasteiger partial charge in [-0.2, -0.15) is 0 Å². The van der Waals surface area contributed by atoms with E-state index >= 15 is 0 Å². The maximum Gasteiger partial charge on any atom is 0.270 e. The first-order valence-electron chi connectivity index (χ1n) is 5.46. The fourth-order valence-electron chi connectivity index (χ4n) is 1.55.